The van der Waals surface area contributed by atoms with Crippen LogP contribution in [0.1, 0.15) is 66.9 Å². The molecule has 2 rings (SSSR count). The maximum Gasteiger partial charge on any atom is 0.0562 e. The summed E-state index contributed by atoms with van der Waals surface area (Å²) in [4.78, 5) is 1.36. The molecule has 0 spiro atoms. The van der Waals surface area contributed by atoms with E-state index in [-0.39, 0.29) is 5.54 Å². The van der Waals surface area contributed by atoms with Crippen LogP contribution in [0.4, 0.5) is 11.4 Å². The minimum atomic E-state index is 0.0613. The quantitative estimate of drug-likeness (QED) is 0.590. The van der Waals surface area contributed by atoms with Crippen LogP contribution in [-0.2, 0) is 0 Å². The predicted molar refractivity (Wildman–Crippen MR) is 107 cm³/mol. The lowest BCUT2D eigenvalue weighted by Crippen LogP contribution is -2.38. The normalized spacial score (nSPS) is 21.7. The highest BCUT2D eigenvalue weighted by Gasteiger charge is 2.32. The molecule has 0 bridgehead atoms. The smallest absolute Gasteiger partial charge is 0.0562 e. The molecule has 2 atom stereocenters. The van der Waals surface area contributed by atoms with Crippen molar-refractivity contribution in [1.29, 1.82) is 0 Å². The highest BCUT2D eigenvalue weighted by molar-refractivity contribution is 7.99. The summed E-state index contributed by atoms with van der Waals surface area (Å²) in [6.07, 6.45) is 2.23. The van der Waals surface area contributed by atoms with E-state index >= 15 is 0 Å². The molecule has 0 radical (unpaired) electrons. The molecule has 128 valence electrons. The van der Waals surface area contributed by atoms with Crippen molar-refractivity contribution in [2.45, 2.75) is 77.8 Å². The number of benzene rings is 1. The van der Waals surface area contributed by atoms with Crippen LogP contribution >= 0.6 is 11.8 Å². The summed E-state index contributed by atoms with van der Waals surface area (Å²) in [6, 6.07) is 5.13. The van der Waals surface area contributed by atoms with Crippen LogP contribution in [0, 0.1) is 0 Å². The lowest BCUT2D eigenvalue weighted by atomic mass is 9.81. The monoisotopic (exact) mass is 332 g/mol. The first-order chi connectivity index (χ1) is 10.9. The van der Waals surface area contributed by atoms with Gasteiger partial charge in [-0.25, -0.2) is 0 Å². The Morgan fingerprint density at radius 3 is 2.48 bits per heavy atom. The molecule has 0 aliphatic carbocycles. The SMILES string of the molecule is CCSc1cc(NC(C)CC)cc2c1NC(C)(CC)C(C)=C2C. The molecule has 1 aliphatic rings. The number of anilines is 2. The van der Waals surface area contributed by atoms with Gasteiger partial charge in [0, 0.05) is 22.2 Å². The Balaban J connectivity index is 2.56. The zero-order chi connectivity index (χ0) is 17.2. The molecular weight excluding hydrogens is 300 g/mol. The minimum Gasteiger partial charge on any atom is -0.383 e. The van der Waals surface area contributed by atoms with E-state index in [0.29, 0.717) is 6.04 Å². The Hall–Kier alpha value is -1.09. The van der Waals surface area contributed by atoms with Gasteiger partial charge in [-0.05, 0) is 69.6 Å². The van der Waals surface area contributed by atoms with Crippen molar-refractivity contribution in [1.82, 2.24) is 0 Å². The second-order valence-electron chi connectivity index (χ2n) is 6.84. The van der Waals surface area contributed by atoms with Crippen molar-refractivity contribution in [3.63, 3.8) is 0 Å². The van der Waals surface area contributed by atoms with Crippen molar-refractivity contribution in [2.24, 2.45) is 0 Å². The molecule has 1 aromatic carbocycles. The third-order valence-electron chi connectivity index (χ3n) is 5.33. The number of nitrogens with one attached hydrogen (secondary N) is 2. The topological polar surface area (TPSA) is 24.1 Å². The van der Waals surface area contributed by atoms with Crippen molar-refractivity contribution in [3.8, 4) is 0 Å². The molecule has 0 saturated heterocycles. The average molecular weight is 333 g/mol. The first-order valence-corrected chi connectivity index (χ1v) is 9.88. The number of allylic oxidation sites excluding steroid dienone is 1. The van der Waals surface area contributed by atoms with Gasteiger partial charge in [-0.3, -0.25) is 0 Å². The fourth-order valence-corrected chi connectivity index (χ4v) is 3.95. The van der Waals surface area contributed by atoms with Gasteiger partial charge in [0.05, 0.1) is 11.2 Å². The van der Waals surface area contributed by atoms with Gasteiger partial charge in [0.2, 0.25) is 0 Å². The van der Waals surface area contributed by atoms with Crippen LogP contribution in [0.2, 0.25) is 0 Å². The molecule has 0 fully saturated rings. The molecule has 3 heteroatoms. The summed E-state index contributed by atoms with van der Waals surface area (Å²) < 4.78 is 0. The molecule has 1 aliphatic heterocycles. The summed E-state index contributed by atoms with van der Waals surface area (Å²) in [5, 5.41) is 7.49. The highest BCUT2D eigenvalue weighted by atomic mass is 32.2. The maximum absolute atomic E-state index is 3.84. The van der Waals surface area contributed by atoms with Crippen LogP contribution in [-0.4, -0.2) is 17.3 Å². The third-order valence-corrected chi connectivity index (χ3v) is 6.25. The zero-order valence-corrected chi connectivity index (χ0v) is 16.6. The number of hydrogen-bond acceptors (Lipinski definition) is 3. The highest BCUT2D eigenvalue weighted by Crippen LogP contribution is 2.45. The summed E-state index contributed by atoms with van der Waals surface area (Å²) >= 11 is 1.93. The van der Waals surface area contributed by atoms with Gasteiger partial charge in [-0.1, -0.05) is 20.8 Å². The molecule has 1 heterocycles. The minimum absolute atomic E-state index is 0.0613. The van der Waals surface area contributed by atoms with Crippen molar-refractivity contribution < 1.29 is 0 Å². The van der Waals surface area contributed by atoms with E-state index < -0.39 is 0 Å². The maximum atomic E-state index is 3.84. The number of fused-ring (bicyclic) bond motifs is 1. The van der Waals surface area contributed by atoms with E-state index in [1.807, 2.05) is 11.8 Å². The lowest BCUT2D eigenvalue weighted by molar-refractivity contribution is 0.571. The Morgan fingerprint density at radius 2 is 1.91 bits per heavy atom. The van der Waals surface area contributed by atoms with Gasteiger partial charge in [0.25, 0.3) is 0 Å². The average Bonchev–Trinajstić information content (AvgIpc) is 2.54. The summed E-state index contributed by atoms with van der Waals surface area (Å²) in [5.74, 6) is 1.09. The van der Waals surface area contributed by atoms with Crippen LogP contribution < -0.4 is 10.6 Å². The van der Waals surface area contributed by atoms with Crippen molar-refractivity contribution in [3.05, 3.63) is 23.3 Å². The van der Waals surface area contributed by atoms with Gasteiger partial charge < -0.3 is 10.6 Å². The Labute approximate surface area is 146 Å². The van der Waals surface area contributed by atoms with Crippen LogP contribution in [0.3, 0.4) is 0 Å². The van der Waals surface area contributed by atoms with E-state index in [4.69, 9.17) is 0 Å². The van der Waals surface area contributed by atoms with Crippen LogP contribution in [0.15, 0.2) is 22.6 Å². The molecule has 0 saturated carbocycles. The Morgan fingerprint density at radius 1 is 1.22 bits per heavy atom. The second-order valence-corrected chi connectivity index (χ2v) is 8.15. The Bertz CT molecular complexity index is 606. The molecule has 2 nitrogen and oxygen atoms in total. The number of rotatable bonds is 6. The van der Waals surface area contributed by atoms with Crippen LogP contribution in [0.25, 0.3) is 5.57 Å². The van der Waals surface area contributed by atoms with E-state index in [0.717, 1.165) is 18.6 Å². The third kappa shape index (κ3) is 3.55. The van der Waals surface area contributed by atoms with Gasteiger partial charge in [-0.15, -0.1) is 11.8 Å². The fourth-order valence-electron chi connectivity index (χ4n) is 3.12. The van der Waals surface area contributed by atoms with Crippen LogP contribution in [0.5, 0.6) is 0 Å². The molecule has 0 aromatic heterocycles. The summed E-state index contributed by atoms with van der Waals surface area (Å²) in [7, 11) is 0. The van der Waals surface area contributed by atoms with Crippen molar-refractivity contribution in [2.75, 3.05) is 16.4 Å². The number of hydrogen-bond donors (Lipinski definition) is 2. The van der Waals surface area contributed by atoms with Gasteiger partial charge in [0.15, 0.2) is 0 Å². The molecule has 23 heavy (non-hydrogen) atoms. The van der Waals surface area contributed by atoms with E-state index in [1.165, 1.54) is 33.0 Å². The van der Waals surface area contributed by atoms with E-state index in [2.05, 4.69) is 71.2 Å². The molecule has 2 N–H and O–H groups in total. The predicted octanol–water partition coefficient (Wildman–Crippen LogP) is 6.40. The number of thioether (sulfide) groups is 1. The molecule has 0 amide bonds. The standard InChI is InChI=1S/C20H32N2S/c1-8-13(4)21-16-11-17-14(5)15(6)20(7,9-2)22-19(17)18(12-16)23-10-3/h11-13,21-22H,8-10H2,1-7H3. The fraction of sp³-hybridized carbons (Fsp3) is 0.600. The van der Waals surface area contributed by atoms with Gasteiger partial charge in [-0.2, -0.15) is 0 Å². The Kier molecular flexibility index (Phi) is 5.72. The molecule has 2 unspecified atom stereocenters. The lowest BCUT2D eigenvalue weighted by Gasteiger charge is -2.39. The molecule has 1 aromatic rings. The van der Waals surface area contributed by atoms with E-state index in [9.17, 15) is 0 Å². The summed E-state index contributed by atoms with van der Waals surface area (Å²) in [6.45, 7) is 15.8. The first-order valence-electron chi connectivity index (χ1n) is 8.90. The van der Waals surface area contributed by atoms with Crippen molar-refractivity contribution >= 4 is 28.7 Å². The summed E-state index contributed by atoms with van der Waals surface area (Å²) in [5.41, 5.74) is 6.86. The molecular formula is C20H32N2S. The van der Waals surface area contributed by atoms with E-state index in [1.54, 1.807) is 0 Å². The zero-order valence-electron chi connectivity index (χ0n) is 15.8. The van der Waals surface area contributed by atoms with Gasteiger partial charge in [0.1, 0.15) is 0 Å². The van der Waals surface area contributed by atoms with Gasteiger partial charge >= 0.3 is 0 Å². The largest absolute Gasteiger partial charge is 0.383 e. The second kappa shape index (κ2) is 7.21. The first kappa shape index (κ1) is 18.3.